The molecule has 3 aromatic rings. The van der Waals surface area contributed by atoms with E-state index in [-0.39, 0.29) is 11.5 Å². The Kier molecular flexibility index (Phi) is 4.10. The van der Waals surface area contributed by atoms with Gasteiger partial charge in [-0.25, -0.2) is 4.79 Å². The first kappa shape index (κ1) is 16.2. The largest absolute Gasteiger partial charge is 0.452 e. The van der Waals surface area contributed by atoms with Crippen molar-refractivity contribution in [2.45, 2.75) is 6.92 Å². The van der Waals surface area contributed by atoms with Gasteiger partial charge in [0, 0.05) is 18.0 Å². The molecule has 1 aromatic carbocycles. The second-order valence-electron chi connectivity index (χ2n) is 5.66. The second-order valence-corrected chi connectivity index (χ2v) is 6.61. The van der Waals surface area contributed by atoms with E-state index in [2.05, 4.69) is 4.98 Å². The number of hydrogen-bond donors (Lipinski definition) is 0. The Morgan fingerprint density at radius 3 is 2.85 bits per heavy atom. The van der Waals surface area contributed by atoms with Gasteiger partial charge in [-0.3, -0.25) is 9.78 Å². The van der Waals surface area contributed by atoms with Crippen molar-refractivity contribution in [1.29, 1.82) is 0 Å². The summed E-state index contributed by atoms with van der Waals surface area (Å²) in [5, 5.41) is 1.81. The van der Waals surface area contributed by atoms with E-state index in [1.165, 1.54) is 11.3 Å². The Morgan fingerprint density at radius 1 is 1.23 bits per heavy atom. The number of benzene rings is 1. The van der Waals surface area contributed by atoms with Crippen LogP contribution in [0.5, 0.6) is 11.5 Å². The van der Waals surface area contributed by atoms with E-state index < -0.39 is 5.97 Å². The van der Waals surface area contributed by atoms with Crippen LogP contribution in [0, 0.1) is 6.92 Å². The fraction of sp³-hybridized carbons (Fsp3) is 0.0500. The van der Waals surface area contributed by atoms with E-state index in [1.54, 1.807) is 55.7 Å². The molecule has 0 unspecified atom stereocenters. The lowest BCUT2D eigenvalue weighted by Gasteiger charge is -2.09. The molecule has 0 bridgehead atoms. The van der Waals surface area contributed by atoms with Crippen LogP contribution in [0.2, 0.25) is 0 Å². The summed E-state index contributed by atoms with van der Waals surface area (Å²) in [6, 6.07) is 10.3. The lowest BCUT2D eigenvalue weighted by molar-refractivity contribution is 0.0738. The number of thiophene rings is 1. The van der Waals surface area contributed by atoms with Crippen LogP contribution in [0.25, 0.3) is 6.08 Å². The minimum absolute atomic E-state index is 0.205. The zero-order chi connectivity index (χ0) is 18.1. The third kappa shape index (κ3) is 2.91. The van der Waals surface area contributed by atoms with Gasteiger partial charge in [0.15, 0.2) is 5.76 Å². The smallest absolute Gasteiger partial charge is 0.353 e. The summed E-state index contributed by atoms with van der Waals surface area (Å²) in [4.78, 5) is 29.2. The Balaban J connectivity index is 1.64. The molecule has 128 valence electrons. The van der Waals surface area contributed by atoms with E-state index in [0.717, 1.165) is 5.56 Å². The Hall–Kier alpha value is -3.25. The molecule has 2 aromatic heterocycles. The number of fused-ring (bicyclic) bond motifs is 1. The number of hydrogen-bond acceptors (Lipinski definition) is 6. The number of carbonyl (C=O) groups excluding carboxylic acids is 2. The van der Waals surface area contributed by atoms with Crippen LogP contribution < -0.4 is 9.47 Å². The lowest BCUT2D eigenvalue weighted by Crippen LogP contribution is -2.07. The van der Waals surface area contributed by atoms with Crippen molar-refractivity contribution in [3.05, 3.63) is 81.5 Å². The van der Waals surface area contributed by atoms with Crippen molar-refractivity contribution in [2.75, 3.05) is 0 Å². The molecule has 1 aliphatic heterocycles. The summed E-state index contributed by atoms with van der Waals surface area (Å²) in [6.07, 6.45) is 4.95. The third-order valence-electron chi connectivity index (χ3n) is 3.94. The van der Waals surface area contributed by atoms with Gasteiger partial charge in [-0.05, 0) is 48.2 Å². The van der Waals surface area contributed by atoms with Crippen LogP contribution in [-0.2, 0) is 0 Å². The topological polar surface area (TPSA) is 65.5 Å². The van der Waals surface area contributed by atoms with Crippen LogP contribution in [-0.4, -0.2) is 16.7 Å². The molecule has 0 radical (unpaired) electrons. The van der Waals surface area contributed by atoms with Gasteiger partial charge >= 0.3 is 5.97 Å². The summed E-state index contributed by atoms with van der Waals surface area (Å²) >= 11 is 1.31. The van der Waals surface area contributed by atoms with Crippen molar-refractivity contribution in [1.82, 2.24) is 4.98 Å². The van der Waals surface area contributed by atoms with Crippen LogP contribution in [0.4, 0.5) is 0 Å². The Labute approximate surface area is 153 Å². The van der Waals surface area contributed by atoms with Gasteiger partial charge in [0.05, 0.1) is 5.56 Å². The molecule has 0 atom stereocenters. The lowest BCUT2D eigenvalue weighted by atomic mass is 10.1. The van der Waals surface area contributed by atoms with Crippen LogP contribution in [0.15, 0.2) is 59.9 Å². The second kappa shape index (κ2) is 6.57. The van der Waals surface area contributed by atoms with E-state index in [1.807, 2.05) is 11.4 Å². The highest BCUT2D eigenvalue weighted by Gasteiger charge is 2.30. The molecule has 26 heavy (non-hydrogen) atoms. The van der Waals surface area contributed by atoms with Crippen LogP contribution in [0.3, 0.4) is 0 Å². The van der Waals surface area contributed by atoms with E-state index in [4.69, 9.17) is 9.47 Å². The molecule has 0 aliphatic carbocycles. The van der Waals surface area contributed by atoms with E-state index >= 15 is 0 Å². The molecule has 3 heterocycles. The molecule has 0 saturated carbocycles. The molecule has 0 N–H and O–H groups in total. The number of esters is 1. The van der Waals surface area contributed by atoms with Gasteiger partial charge in [-0.2, -0.15) is 0 Å². The maximum Gasteiger partial charge on any atom is 0.353 e. The quantitative estimate of drug-likeness (QED) is 0.395. The summed E-state index contributed by atoms with van der Waals surface area (Å²) < 4.78 is 11.2. The predicted octanol–water partition coefficient (Wildman–Crippen LogP) is 4.29. The summed E-state index contributed by atoms with van der Waals surface area (Å²) in [5.74, 6) is 0.374. The number of Topliss-reactive ketones (excluding diaryl/α,β-unsaturated/α-hetero) is 1. The molecule has 6 heteroatoms. The first-order chi connectivity index (χ1) is 12.6. The zero-order valence-electron chi connectivity index (χ0n) is 13.8. The number of aromatic nitrogens is 1. The number of pyridine rings is 1. The van der Waals surface area contributed by atoms with Crippen molar-refractivity contribution < 1.29 is 19.1 Å². The maximum atomic E-state index is 12.6. The minimum atomic E-state index is -0.432. The van der Waals surface area contributed by atoms with Crippen molar-refractivity contribution >= 4 is 29.2 Å². The molecule has 5 nitrogen and oxygen atoms in total. The highest BCUT2D eigenvalue weighted by atomic mass is 32.1. The maximum absolute atomic E-state index is 12.6. The predicted molar refractivity (Wildman–Crippen MR) is 97.6 cm³/mol. The average Bonchev–Trinajstić information content (AvgIpc) is 3.28. The Morgan fingerprint density at radius 2 is 2.12 bits per heavy atom. The van der Waals surface area contributed by atoms with Gasteiger partial charge in [0.25, 0.3) is 0 Å². The van der Waals surface area contributed by atoms with Gasteiger partial charge in [-0.15, -0.1) is 11.3 Å². The number of carbonyl (C=O) groups is 2. The molecular weight excluding hydrogens is 350 g/mol. The average molecular weight is 363 g/mol. The molecule has 0 amide bonds. The monoisotopic (exact) mass is 363 g/mol. The van der Waals surface area contributed by atoms with E-state index in [0.29, 0.717) is 27.5 Å². The fourth-order valence-electron chi connectivity index (χ4n) is 2.64. The molecule has 4 rings (SSSR count). The summed E-state index contributed by atoms with van der Waals surface area (Å²) in [6.45, 7) is 1.76. The number of ketones is 1. The van der Waals surface area contributed by atoms with Gasteiger partial charge in [0.1, 0.15) is 16.4 Å². The molecule has 0 fully saturated rings. The van der Waals surface area contributed by atoms with E-state index in [9.17, 15) is 9.59 Å². The van der Waals surface area contributed by atoms with Crippen molar-refractivity contribution in [3.63, 3.8) is 0 Å². The molecule has 0 spiro atoms. The molecule has 1 aliphatic rings. The standard InChI is InChI=1S/C20H13NO4S/c1-12-15(25-20(23)17-5-3-9-26-17)7-6-14-18(22)16(24-19(12)14)10-13-4-2-8-21-11-13/h2-11H,1H3/b16-10-. The van der Waals surface area contributed by atoms with Crippen LogP contribution in [0.1, 0.15) is 31.2 Å². The Bertz CT molecular complexity index is 1020. The van der Waals surface area contributed by atoms with Gasteiger partial charge in [-0.1, -0.05) is 12.1 Å². The number of nitrogens with zero attached hydrogens (tertiary/aromatic N) is 1. The van der Waals surface area contributed by atoms with Crippen molar-refractivity contribution in [2.24, 2.45) is 0 Å². The van der Waals surface area contributed by atoms with Gasteiger partial charge < -0.3 is 9.47 Å². The summed E-state index contributed by atoms with van der Waals surface area (Å²) in [7, 11) is 0. The SMILES string of the molecule is Cc1c(OC(=O)c2cccs2)ccc2c1O/C(=C\c1cccnc1)C2=O. The summed E-state index contributed by atoms with van der Waals surface area (Å²) in [5.41, 5.74) is 1.83. The molecular formula is C20H13NO4S. The number of allylic oxidation sites excluding steroid dienone is 1. The van der Waals surface area contributed by atoms with Crippen molar-refractivity contribution in [3.8, 4) is 11.5 Å². The minimum Gasteiger partial charge on any atom is -0.452 e. The highest BCUT2D eigenvalue weighted by molar-refractivity contribution is 7.12. The fourth-order valence-corrected chi connectivity index (χ4v) is 3.23. The van der Waals surface area contributed by atoms with Crippen LogP contribution >= 0.6 is 11.3 Å². The zero-order valence-corrected chi connectivity index (χ0v) is 14.6. The third-order valence-corrected chi connectivity index (χ3v) is 4.79. The van der Waals surface area contributed by atoms with Gasteiger partial charge in [0.2, 0.25) is 5.78 Å². The first-order valence-corrected chi connectivity index (χ1v) is 8.75. The highest BCUT2D eigenvalue weighted by Crippen LogP contribution is 2.39. The number of rotatable bonds is 3. The molecule has 0 saturated heterocycles. The normalized spacial score (nSPS) is 14.2. The first-order valence-electron chi connectivity index (χ1n) is 7.87. The number of ether oxygens (including phenoxy) is 2.